The lowest BCUT2D eigenvalue weighted by atomic mass is 10.3. The number of nitro groups is 1. The lowest BCUT2D eigenvalue weighted by Gasteiger charge is -2.02. The van der Waals surface area contributed by atoms with Crippen molar-refractivity contribution in [2.24, 2.45) is 7.05 Å². The van der Waals surface area contributed by atoms with Crippen molar-refractivity contribution in [1.29, 1.82) is 0 Å². The predicted octanol–water partition coefficient (Wildman–Crippen LogP) is 1.55. The van der Waals surface area contributed by atoms with E-state index in [1.807, 2.05) is 0 Å². The van der Waals surface area contributed by atoms with Crippen LogP contribution < -0.4 is 5.69 Å². The first-order chi connectivity index (χ1) is 8.97. The number of aldehydes is 1. The lowest BCUT2D eigenvalue weighted by molar-refractivity contribution is -0.384. The molecule has 0 aliphatic carbocycles. The van der Waals surface area contributed by atoms with Crippen molar-refractivity contribution in [3.8, 4) is 5.69 Å². The average Bonchev–Trinajstić information content (AvgIpc) is 2.60. The van der Waals surface area contributed by atoms with E-state index in [0.29, 0.717) is 6.29 Å². The lowest BCUT2D eigenvalue weighted by Crippen LogP contribution is -2.21. The predicted molar refractivity (Wildman–Crippen MR) is 68.1 cm³/mol. The van der Waals surface area contributed by atoms with Gasteiger partial charge in [-0.1, -0.05) is 17.7 Å². The number of benzene rings is 1. The Bertz CT molecular complexity index is 732. The number of halogens is 1. The van der Waals surface area contributed by atoms with Crippen molar-refractivity contribution < 1.29 is 9.72 Å². The highest BCUT2D eigenvalue weighted by molar-refractivity contribution is 6.32. The van der Waals surface area contributed by atoms with Gasteiger partial charge >= 0.3 is 5.69 Å². The molecule has 0 spiro atoms. The molecule has 0 aliphatic rings. The molecule has 0 radical (unpaired) electrons. The Labute approximate surface area is 111 Å². The summed E-state index contributed by atoms with van der Waals surface area (Å²) in [4.78, 5) is 32.9. The zero-order chi connectivity index (χ0) is 14.2. The first-order valence-corrected chi connectivity index (χ1v) is 5.52. The maximum Gasteiger partial charge on any atom is 0.334 e. The number of carbonyl (C=O) groups is 1. The van der Waals surface area contributed by atoms with Crippen molar-refractivity contribution in [1.82, 2.24) is 9.13 Å². The van der Waals surface area contributed by atoms with Crippen molar-refractivity contribution in [2.75, 3.05) is 0 Å². The summed E-state index contributed by atoms with van der Waals surface area (Å²) in [5, 5.41) is 10.6. The summed E-state index contributed by atoms with van der Waals surface area (Å²) >= 11 is 5.94. The number of imidazole rings is 1. The van der Waals surface area contributed by atoms with Gasteiger partial charge in [0.2, 0.25) is 0 Å². The van der Waals surface area contributed by atoms with Crippen LogP contribution in [0.3, 0.4) is 0 Å². The molecule has 0 bridgehead atoms. The number of non-ortho nitro benzene ring substituents is 1. The quantitative estimate of drug-likeness (QED) is 0.485. The summed E-state index contributed by atoms with van der Waals surface area (Å²) in [6.45, 7) is 0. The van der Waals surface area contributed by atoms with Crippen LogP contribution in [0.4, 0.5) is 5.69 Å². The van der Waals surface area contributed by atoms with Crippen LogP contribution in [0.2, 0.25) is 5.15 Å². The maximum atomic E-state index is 12.0. The number of hydrogen-bond acceptors (Lipinski definition) is 4. The first kappa shape index (κ1) is 13.0. The van der Waals surface area contributed by atoms with E-state index in [-0.39, 0.29) is 22.2 Å². The van der Waals surface area contributed by atoms with E-state index in [2.05, 4.69) is 0 Å². The topological polar surface area (TPSA) is 87.1 Å². The van der Waals surface area contributed by atoms with Crippen LogP contribution in [0, 0.1) is 10.1 Å². The molecule has 0 amide bonds. The molecule has 0 saturated heterocycles. The molecule has 0 unspecified atom stereocenters. The zero-order valence-corrected chi connectivity index (χ0v) is 10.5. The van der Waals surface area contributed by atoms with Crippen LogP contribution in [-0.2, 0) is 7.05 Å². The SMILES string of the molecule is Cn1c(C=O)c(Cl)n(-c2cccc([N+](=O)[O-])c2)c1=O. The van der Waals surface area contributed by atoms with Crippen molar-refractivity contribution in [2.45, 2.75) is 0 Å². The molecule has 1 aromatic heterocycles. The Morgan fingerprint density at radius 2 is 2.11 bits per heavy atom. The molecule has 0 aliphatic heterocycles. The summed E-state index contributed by atoms with van der Waals surface area (Å²) in [5.41, 5.74) is -0.476. The normalized spacial score (nSPS) is 10.4. The Hall–Kier alpha value is -2.41. The van der Waals surface area contributed by atoms with Crippen LogP contribution in [0.15, 0.2) is 29.1 Å². The van der Waals surface area contributed by atoms with Gasteiger partial charge in [-0.15, -0.1) is 0 Å². The van der Waals surface area contributed by atoms with Crippen LogP contribution in [0.25, 0.3) is 5.69 Å². The largest absolute Gasteiger partial charge is 0.334 e. The zero-order valence-electron chi connectivity index (χ0n) is 9.74. The van der Waals surface area contributed by atoms with Crippen LogP contribution in [0.5, 0.6) is 0 Å². The second-order valence-corrected chi connectivity index (χ2v) is 4.11. The first-order valence-electron chi connectivity index (χ1n) is 5.14. The molecule has 7 nitrogen and oxygen atoms in total. The smallest absolute Gasteiger partial charge is 0.296 e. The summed E-state index contributed by atoms with van der Waals surface area (Å²) in [5.74, 6) is 0. The fraction of sp³-hybridized carbons (Fsp3) is 0.0909. The van der Waals surface area contributed by atoms with Crippen molar-refractivity contribution >= 4 is 23.6 Å². The fourth-order valence-electron chi connectivity index (χ4n) is 1.69. The molecule has 1 aromatic carbocycles. The van der Waals surface area contributed by atoms with Gasteiger partial charge in [-0.3, -0.25) is 19.5 Å². The van der Waals surface area contributed by atoms with Crippen molar-refractivity contribution in [3.63, 3.8) is 0 Å². The third-order valence-corrected chi connectivity index (χ3v) is 3.02. The molecular weight excluding hydrogens is 274 g/mol. The Morgan fingerprint density at radius 3 is 2.63 bits per heavy atom. The summed E-state index contributed by atoms with van der Waals surface area (Å²) < 4.78 is 2.12. The van der Waals surface area contributed by atoms with Gasteiger partial charge < -0.3 is 0 Å². The van der Waals surface area contributed by atoms with Crippen LogP contribution in [0.1, 0.15) is 10.5 Å². The number of carbonyl (C=O) groups excluding carboxylic acids is 1. The molecule has 19 heavy (non-hydrogen) atoms. The van der Waals surface area contributed by atoms with Gasteiger partial charge in [-0.25, -0.2) is 9.36 Å². The fourth-order valence-corrected chi connectivity index (χ4v) is 2.03. The van der Waals surface area contributed by atoms with Gasteiger partial charge in [0.25, 0.3) is 5.69 Å². The number of hydrogen-bond donors (Lipinski definition) is 0. The van der Waals surface area contributed by atoms with Gasteiger partial charge in [0.1, 0.15) is 10.8 Å². The third-order valence-electron chi connectivity index (χ3n) is 2.66. The highest BCUT2D eigenvalue weighted by Gasteiger charge is 2.18. The molecule has 8 heteroatoms. The van der Waals surface area contributed by atoms with E-state index in [4.69, 9.17) is 11.6 Å². The molecule has 0 N–H and O–H groups in total. The molecule has 98 valence electrons. The van der Waals surface area contributed by atoms with E-state index in [1.165, 1.54) is 31.3 Å². The number of rotatable bonds is 3. The van der Waals surface area contributed by atoms with Gasteiger partial charge in [0.05, 0.1) is 10.6 Å². The van der Waals surface area contributed by atoms with E-state index in [0.717, 1.165) is 9.13 Å². The molecule has 0 saturated carbocycles. The standard InChI is InChI=1S/C11H8ClN3O4/c1-13-9(6-16)10(12)14(11(13)17)7-3-2-4-8(5-7)15(18)19/h2-6H,1H3. The average molecular weight is 282 g/mol. The Morgan fingerprint density at radius 1 is 1.42 bits per heavy atom. The minimum atomic E-state index is -0.577. The Balaban J connectivity index is 2.73. The second kappa shape index (κ2) is 4.69. The van der Waals surface area contributed by atoms with Gasteiger partial charge in [-0.2, -0.15) is 0 Å². The molecule has 0 fully saturated rings. The van der Waals surface area contributed by atoms with E-state index < -0.39 is 10.6 Å². The minimum Gasteiger partial charge on any atom is -0.296 e. The summed E-state index contributed by atoms with van der Waals surface area (Å²) in [6.07, 6.45) is 0.456. The van der Waals surface area contributed by atoms with Gasteiger partial charge in [0, 0.05) is 19.2 Å². The van der Waals surface area contributed by atoms with Crippen LogP contribution >= 0.6 is 11.6 Å². The number of nitrogens with zero attached hydrogens (tertiary/aromatic N) is 3. The second-order valence-electron chi connectivity index (χ2n) is 3.75. The molecular formula is C11H8ClN3O4. The van der Waals surface area contributed by atoms with E-state index in [1.54, 1.807) is 0 Å². The number of aromatic nitrogens is 2. The molecule has 1 heterocycles. The molecule has 0 atom stereocenters. The third kappa shape index (κ3) is 2.04. The highest BCUT2D eigenvalue weighted by atomic mass is 35.5. The van der Waals surface area contributed by atoms with Gasteiger partial charge in [-0.05, 0) is 6.07 Å². The molecule has 2 aromatic rings. The highest BCUT2D eigenvalue weighted by Crippen LogP contribution is 2.21. The van der Waals surface area contributed by atoms with Gasteiger partial charge in [0.15, 0.2) is 6.29 Å². The Kier molecular flexibility index (Phi) is 3.22. The van der Waals surface area contributed by atoms with E-state index >= 15 is 0 Å². The monoisotopic (exact) mass is 281 g/mol. The van der Waals surface area contributed by atoms with Crippen LogP contribution in [-0.4, -0.2) is 20.3 Å². The summed E-state index contributed by atoms with van der Waals surface area (Å²) in [7, 11) is 1.39. The van der Waals surface area contributed by atoms with E-state index in [9.17, 15) is 19.7 Å². The van der Waals surface area contributed by atoms with Crippen molar-refractivity contribution in [3.05, 3.63) is 55.7 Å². The summed E-state index contributed by atoms with van der Waals surface area (Å²) in [6, 6.07) is 5.44. The maximum absolute atomic E-state index is 12.0. The molecule has 2 rings (SSSR count). The minimum absolute atomic E-state index is 0.0122. The number of nitro benzene ring substituents is 1.